The van der Waals surface area contributed by atoms with Crippen molar-refractivity contribution in [3.63, 3.8) is 0 Å². The van der Waals surface area contributed by atoms with Gasteiger partial charge in [0.1, 0.15) is 28.9 Å². The van der Waals surface area contributed by atoms with E-state index in [1.165, 1.54) is 19.6 Å². The summed E-state index contributed by atoms with van der Waals surface area (Å²) >= 11 is 0. The van der Waals surface area contributed by atoms with Gasteiger partial charge in [-0.05, 0) is 35.9 Å². The summed E-state index contributed by atoms with van der Waals surface area (Å²) in [4.78, 5) is 39.3. The molecule has 0 radical (unpaired) electrons. The summed E-state index contributed by atoms with van der Waals surface area (Å²) in [6.45, 7) is 0. The molecule has 172 valence electrons. The molecule has 7 nitrogen and oxygen atoms in total. The highest BCUT2D eigenvalue weighted by Gasteiger charge is 2.34. The van der Waals surface area contributed by atoms with Gasteiger partial charge in [-0.1, -0.05) is 30.3 Å². The molecule has 0 fully saturated rings. The molecule has 0 saturated carbocycles. The van der Waals surface area contributed by atoms with Crippen LogP contribution in [-0.4, -0.2) is 13.1 Å². The second-order valence-electron chi connectivity index (χ2n) is 8.31. The van der Waals surface area contributed by atoms with Crippen LogP contribution in [0.3, 0.4) is 0 Å². The third kappa shape index (κ3) is 3.32. The number of benzene rings is 3. The van der Waals surface area contributed by atoms with Crippen molar-refractivity contribution in [3.8, 4) is 22.6 Å². The SMILES string of the molecule is COc1ccc2occ([C@H]3CC(=O)Oc4ccc5c(=O)c(-c6ccccc6)coc5c43)c(=O)c2c1. The van der Waals surface area contributed by atoms with Crippen molar-refractivity contribution >= 4 is 27.9 Å². The minimum atomic E-state index is -0.715. The van der Waals surface area contributed by atoms with E-state index in [-0.39, 0.29) is 34.2 Å². The smallest absolute Gasteiger partial charge is 0.312 e. The van der Waals surface area contributed by atoms with E-state index >= 15 is 0 Å². The second kappa shape index (κ2) is 7.99. The van der Waals surface area contributed by atoms with E-state index in [0.717, 1.165) is 5.56 Å². The molecule has 1 aliphatic heterocycles. The van der Waals surface area contributed by atoms with Gasteiger partial charge in [-0.2, -0.15) is 0 Å². The fraction of sp³-hybridized carbons (Fsp3) is 0.107. The fourth-order valence-electron chi connectivity index (χ4n) is 4.63. The maximum Gasteiger partial charge on any atom is 0.312 e. The highest BCUT2D eigenvalue weighted by Crippen LogP contribution is 2.42. The van der Waals surface area contributed by atoms with Crippen LogP contribution >= 0.6 is 0 Å². The first-order valence-corrected chi connectivity index (χ1v) is 11.0. The van der Waals surface area contributed by atoms with Crippen LogP contribution in [0.4, 0.5) is 0 Å². The van der Waals surface area contributed by atoms with Crippen molar-refractivity contribution in [2.45, 2.75) is 12.3 Å². The third-order valence-electron chi connectivity index (χ3n) is 6.35. The summed E-state index contributed by atoms with van der Waals surface area (Å²) in [5.74, 6) is -0.447. The summed E-state index contributed by atoms with van der Waals surface area (Å²) in [6.07, 6.45) is 2.66. The number of ether oxygens (including phenoxy) is 2. The average molecular weight is 466 g/mol. The van der Waals surface area contributed by atoms with Gasteiger partial charge in [0.15, 0.2) is 5.43 Å². The van der Waals surface area contributed by atoms with E-state index in [1.54, 1.807) is 30.3 Å². The van der Waals surface area contributed by atoms with Crippen LogP contribution in [-0.2, 0) is 4.79 Å². The van der Waals surface area contributed by atoms with Gasteiger partial charge in [-0.3, -0.25) is 14.4 Å². The van der Waals surface area contributed by atoms with Gasteiger partial charge in [-0.25, -0.2) is 0 Å². The van der Waals surface area contributed by atoms with Gasteiger partial charge in [0.05, 0.1) is 36.1 Å². The Morgan fingerprint density at radius 3 is 2.49 bits per heavy atom. The van der Waals surface area contributed by atoms with Gasteiger partial charge < -0.3 is 18.3 Å². The standard InChI is InChI=1S/C28H18O7/c1-32-16-7-9-22-19(11-16)27(31)21(14-33-22)18-12-24(29)35-23-10-8-17-26(30)20(13-34-28(17)25(18)23)15-5-3-2-4-6-15/h2-11,13-14,18H,12H2,1H3/t18-/m1/s1. The van der Waals surface area contributed by atoms with Crippen LogP contribution in [0.5, 0.6) is 11.5 Å². The molecule has 0 amide bonds. The topological polar surface area (TPSA) is 96.0 Å². The lowest BCUT2D eigenvalue weighted by Gasteiger charge is -2.25. The monoisotopic (exact) mass is 466 g/mol. The van der Waals surface area contributed by atoms with Crippen LogP contribution in [0, 0.1) is 0 Å². The van der Waals surface area contributed by atoms with E-state index in [4.69, 9.17) is 18.3 Å². The zero-order valence-corrected chi connectivity index (χ0v) is 18.6. The lowest BCUT2D eigenvalue weighted by atomic mass is 9.85. The Morgan fingerprint density at radius 2 is 1.69 bits per heavy atom. The van der Waals surface area contributed by atoms with Crippen molar-refractivity contribution in [3.05, 3.63) is 105 Å². The summed E-state index contributed by atoms with van der Waals surface area (Å²) in [5.41, 5.74) is 2.04. The van der Waals surface area contributed by atoms with Gasteiger partial charge in [0.25, 0.3) is 0 Å². The minimum Gasteiger partial charge on any atom is -0.497 e. The number of fused-ring (bicyclic) bond motifs is 4. The maximum atomic E-state index is 13.5. The van der Waals surface area contributed by atoms with Crippen molar-refractivity contribution in [2.75, 3.05) is 7.11 Å². The minimum absolute atomic E-state index is 0.101. The first-order chi connectivity index (χ1) is 17.0. The lowest BCUT2D eigenvalue weighted by molar-refractivity contribution is -0.135. The Hall–Kier alpha value is -4.65. The Bertz CT molecular complexity index is 1750. The molecule has 1 atom stereocenters. The van der Waals surface area contributed by atoms with Gasteiger partial charge >= 0.3 is 5.97 Å². The zero-order chi connectivity index (χ0) is 24.1. The van der Waals surface area contributed by atoms with Crippen LogP contribution in [0.25, 0.3) is 33.1 Å². The van der Waals surface area contributed by atoms with Crippen molar-refractivity contribution in [1.29, 1.82) is 0 Å². The molecule has 6 rings (SSSR count). The van der Waals surface area contributed by atoms with E-state index in [0.29, 0.717) is 33.2 Å². The van der Waals surface area contributed by atoms with Crippen LogP contribution in [0.15, 0.2) is 91.6 Å². The molecular weight excluding hydrogens is 448 g/mol. The summed E-state index contributed by atoms with van der Waals surface area (Å²) in [6, 6.07) is 17.3. The van der Waals surface area contributed by atoms with Gasteiger partial charge in [0.2, 0.25) is 5.43 Å². The number of carbonyl (C=O) groups is 1. The lowest BCUT2D eigenvalue weighted by Crippen LogP contribution is -2.25. The third-order valence-corrected chi connectivity index (χ3v) is 6.35. The molecule has 7 heteroatoms. The van der Waals surface area contributed by atoms with E-state index in [2.05, 4.69) is 0 Å². The molecule has 0 spiro atoms. The van der Waals surface area contributed by atoms with Crippen molar-refractivity contribution < 1.29 is 23.1 Å². The number of carbonyl (C=O) groups excluding carboxylic acids is 1. The van der Waals surface area contributed by atoms with Gasteiger partial charge in [-0.15, -0.1) is 0 Å². The molecule has 0 saturated heterocycles. The van der Waals surface area contributed by atoms with Crippen molar-refractivity contribution in [1.82, 2.24) is 0 Å². The highest BCUT2D eigenvalue weighted by molar-refractivity contribution is 5.90. The van der Waals surface area contributed by atoms with E-state index < -0.39 is 11.9 Å². The van der Waals surface area contributed by atoms with E-state index in [1.807, 2.05) is 30.3 Å². The van der Waals surface area contributed by atoms with Crippen LogP contribution in [0.1, 0.15) is 23.5 Å². The molecule has 35 heavy (non-hydrogen) atoms. The zero-order valence-electron chi connectivity index (χ0n) is 18.6. The van der Waals surface area contributed by atoms with Crippen LogP contribution in [0.2, 0.25) is 0 Å². The van der Waals surface area contributed by atoms with E-state index in [9.17, 15) is 14.4 Å². The first-order valence-electron chi connectivity index (χ1n) is 11.0. The number of rotatable bonds is 3. The molecule has 0 bridgehead atoms. The first kappa shape index (κ1) is 20.9. The number of esters is 1. The molecule has 2 aromatic heterocycles. The Morgan fingerprint density at radius 1 is 0.857 bits per heavy atom. The van der Waals surface area contributed by atoms with Crippen molar-refractivity contribution in [2.24, 2.45) is 0 Å². The quantitative estimate of drug-likeness (QED) is 0.272. The molecule has 3 heterocycles. The maximum absolute atomic E-state index is 13.5. The second-order valence-corrected chi connectivity index (χ2v) is 8.31. The average Bonchev–Trinajstić information content (AvgIpc) is 2.89. The Kier molecular flexibility index (Phi) is 4.77. The molecule has 0 aliphatic carbocycles. The molecular formula is C28H18O7. The summed E-state index contributed by atoms with van der Waals surface area (Å²) in [7, 11) is 1.51. The summed E-state index contributed by atoms with van der Waals surface area (Å²) < 4.78 is 22.4. The Labute approximate surface area is 198 Å². The van der Waals surface area contributed by atoms with Crippen LogP contribution < -0.4 is 20.3 Å². The Balaban J connectivity index is 1.59. The highest BCUT2D eigenvalue weighted by atomic mass is 16.5. The number of methoxy groups -OCH3 is 1. The normalized spacial score (nSPS) is 15.1. The predicted octanol–water partition coefficient (Wildman–Crippen LogP) is 5.02. The molecule has 1 aliphatic rings. The number of hydrogen-bond acceptors (Lipinski definition) is 7. The molecule has 0 unspecified atom stereocenters. The molecule has 3 aromatic carbocycles. The summed E-state index contributed by atoms with van der Waals surface area (Å²) in [5, 5.41) is 0.662. The molecule has 0 N–H and O–H groups in total. The molecule has 5 aromatic rings. The number of hydrogen-bond donors (Lipinski definition) is 0. The fourth-order valence-corrected chi connectivity index (χ4v) is 4.63. The van der Waals surface area contributed by atoms with Gasteiger partial charge in [0, 0.05) is 17.0 Å². The predicted molar refractivity (Wildman–Crippen MR) is 129 cm³/mol. The largest absolute Gasteiger partial charge is 0.497 e.